The SMILES string of the molecule is CC(C)C(C(=O)N[C@@H](C)C(=O)O)c1ccc(Cl)cc1. The zero-order chi connectivity index (χ0) is 14.6. The van der Waals surface area contributed by atoms with Gasteiger partial charge in [-0.3, -0.25) is 9.59 Å². The molecule has 2 N–H and O–H groups in total. The molecule has 1 amide bonds. The van der Waals surface area contributed by atoms with Crippen LogP contribution in [0.5, 0.6) is 0 Å². The van der Waals surface area contributed by atoms with E-state index in [2.05, 4.69) is 5.32 Å². The summed E-state index contributed by atoms with van der Waals surface area (Å²) in [5.41, 5.74) is 0.828. The minimum absolute atomic E-state index is 0.0576. The maximum absolute atomic E-state index is 12.2. The molecule has 4 nitrogen and oxygen atoms in total. The molecule has 1 rings (SSSR count). The number of carboxylic acid groups (broad SMARTS) is 1. The topological polar surface area (TPSA) is 66.4 Å². The molecule has 0 saturated carbocycles. The van der Waals surface area contributed by atoms with Crippen molar-refractivity contribution in [2.24, 2.45) is 5.92 Å². The van der Waals surface area contributed by atoms with E-state index in [9.17, 15) is 9.59 Å². The van der Waals surface area contributed by atoms with Gasteiger partial charge in [0.05, 0.1) is 5.92 Å². The number of carboxylic acids is 1. The number of nitrogens with one attached hydrogen (secondary N) is 1. The number of rotatable bonds is 5. The van der Waals surface area contributed by atoms with Gasteiger partial charge in [-0.25, -0.2) is 0 Å². The molecule has 0 aliphatic carbocycles. The van der Waals surface area contributed by atoms with Gasteiger partial charge in [-0.1, -0.05) is 37.6 Å². The van der Waals surface area contributed by atoms with E-state index in [1.165, 1.54) is 6.92 Å². The van der Waals surface area contributed by atoms with Crippen LogP contribution in [0.15, 0.2) is 24.3 Å². The summed E-state index contributed by atoms with van der Waals surface area (Å²) in [6.07, 6.45) is 0. The highest BCUT2D eigenvalue weighted by Gasteiger charge is 2.26. The molecule has 19 heavy (non-hydrogen) atoms. The summed E-state index contributed by atoms with van der Waals surface area (Å²) in [6.45, 7) is 5.29. The average Bonchev–Trinajstić information content (AvgIpc) is 2.31. The average molecular weight is 284 g/mol. The molecule has 0 aliphatic heterocycles. The van der Waals surface area contributed by atoms with Crippen LogP contribution in [0.2, 0.25) is 5.02 Å². The lowest BCUT2D eigenvalue weighted by molar-refractivity contribution is -0.141. The zero-order valence-electron chi connectivity index (χ0n) is 11.2. The van der Waals surface area contributed by atoms with E-state index < -0.39 is 12.0 Å². The first kappa shape index (κ1) is 15.5. The maximum atomic E-state index is 12.2. The van der Waals surface area contributed by atoms with Crippen LogP contribution >= 0.6 is 11.6 Å². The van der Waals surface area contributed by atoms with Crippen molar-refractivity contribution in [2.45, 2.75) is 32.7 Å². The number of hydrogen-bond acceptors (Lipinski definition) is 2. The molecule has 0 radical (unpaired) electrons. The van der Waals surface area contributed by atoms with Gasteiger partial charge in [0.25, 0.3) is 0 Å². The van der Waals surface area contributed by atoms with Crippen LogP contribution in [0.25, 0.3) is 0 Å². The molecule has 5 heteroatoms. The molecule has 0 spiro atoms. The van der Waals surface area contributed by atoms with E-state index >= 15 is 0 Å². The molecule has 0 aliphatic rings. The van der Waals surface area contributed by atoms with Crippen LogP contribution in [-0.4, -0.2) is 23.0 Å². The number of hydrogen-bond donors (Lipinski definition) is 2. The molecule has 0 fully saturated rings. The van der Waals surface area contributed by atoms with Gasteiger partial charge < -0.3 is 10.4 Å². The van der Waals surface area contributed by atoms with Gasteiger partial charge in [-0.05, 0) is 30.5 Å². The summed E-state index contributed by atoms with van der Waals surface area (Å²) in [6, 6.07) is 6.12. The lowest BCUT2D eigenvalue weighted by Crippen LogP contribution is -2.42. The molecule has 1 unspecified atom stereocenters. The Morgan fingerprint density at radius 2 is 1.68 bits per heavy atom. The Morgan fingerprint density at radius 3 is 2.11 bits per heavy atom. The predicted molar refractivity (Wildman–Crippen MR) is 74.3 cm³/mol. The molecule has 0 bridgehead atoms. The second-order valence-corrected chi connectivity index (χ2v) is 5.28. The molecule has 0 aromatic heterocycles. The second-order valence-electron chi connectivity index (χ2n) is 4.84. The van der Waals surface area contributed by atoms with Crippen molar-refractivity contribution in [1.29, 1.82) is 0 Å². The van der Waals surface area contributed by atoms with Gasteiger partial charge in [0.1, 0.15) is 6.04 Å². The van der Waals surface area contributed by atoms with E-state index in [-0.39, 0.29) is 17.7 Å². The van der Waals surface area contributed by atoms with E-state index in [0.29, 0.717) is 5.02 Å². The highest BCUT2D eigenvalue weighted by molar-refractivity contribution is 6.30. The van der Waals surface area contributed by atoms with Crippen LogP contribution in [-0.2, 0) is 9.59 Å². The fraction of sp³-hybridized carbons (Fsp3) is 0.429. The molecule has 1 aromatic carbocycles. The molecule has 2 atom stereocenters. The molecular weight excluding hydrogens is 266 g/mol. The normalized spacial score (nSPS) is 13.9. The highest BCUT2D eigenvalue weighted by atomic mass is 35.5. The number of carbonyl (C=O) groups excluding carboxylic acids is 1. The number of carbonyl (C=O) groups is 2. The monoisotopic (exact) mass is 283 g/mol. The van der Waals surface area contributed by atoms with Gasteiger partial charge in [-0.2, -0.15) is 0 Å². The molecule has 0 saturated heterocycles. The Labute approximate surface area is 117 Å². The summed E-state index contributed by atoms with van der Waals surface area (Å²) in [4.78, 5) is 23.0. The summed E-state index contributed by atoms with van der Waals surface area (Å²) in [7, 11) is 0. The maximum Gasteiger partial charge on any atom is 0.325 e. The van der Waals surface area contributed by atoms with E-state index in [1.807, 2.05) is 13.8 Å². The minimum Gasteiger partial charge on any atom is -0.480 e. The van der Waals surface area contributed by atoms with Gasteiger partial charge in [-0.15, -0.1) is 0 Å². The third-order valence-corrected chi connectivity index (χ3v) is 3.16. The minimum atomic E-state index is -1.05. The molecule has 1 aromatic rings. The fourth-order valence-corrected chi connectivity index (χ4v) is 2.00. The van der Waals surface area contributed by atoms with Crippen molar-refractivity contribution in [1.82, 2.24) is 5.32 Å². The largest absolute Gasteiger partial charge is 0.480 e. The predicted octanol–water partition coefficient (Wildman–Crippen LogP) is 2.67. The van der Waals surface area contributed by atoms with E-state index in [0.717, 1.165) is 5.56 Å². The first-order chi connectivity index (χ1) is 8.82. The van der Waals surface area contributed by atoms with Crippen LogP contribution in [0.1, 0.15) is 32.3 Å². The smallest absolute Gasteiger partial charge is 0.325 e. The van der Waals surface area contributed by atoms with Gasteiger partial charge >= 0.3 is 5.97 Å². The lowest BCUT2D eigenvalue weighted by atomic mass is 9.87. The molecule has 104 valence electrons. The third-order valence-electron chi connectivity index (χ3n) is 2.91. The summed E-state index contributed by atoms with van der Waals surface area (Å²) >= 11 is 5.82. The van der Waals surface area contributed by atoms with Crippen molar-refractivity contribution in [2.75, 3.05) is 0 Å². The number of benzene rings is 1. The molecular formula is C14H18ClNO3. The number of halogens is 1. The Morgan fingerprint density at radius 1 is 1.16 bits per heavy atom. The Kier molecular flexibility index (Phi) is 5.36. The Balaban J connectivity index is 2.92. The first-order valence-electron chi connectivity index (χ1n) is 6.11. The van der Waals surface area contributed by atoms with Crippen molar-refractivity contribution in [3.05, 3.63) is 34.9 Å². The summed E-state index contributed by atoms with van der Waals surface area (Å²) in [5, 5.41) is 11.9. The number of aliphatic carboxylic acids is 1. The third kappa shape index (κ3) is 4.24. The van der Waals surface area contributed by atoms with Crippen molar-refractivity contribution in [3.8, 4) is 0 Å². The van der Waals surface area contributed by atoms with Crippen molar-refractivity contribution in [3.63, 3.8) is 0 Å². The second kappa shape index (κ2) is 6.57. The fourth-order valence-electron chi connectivity index (χ4n) is 1.87. The highest BCUT2D eigenvalue weighted by Crippen LogP contribution is 2.26. The van der Waals surface area contributed by atoms with Crippen LogP contribution in [0.3, 0.4) is 0 Å². The zero-order valence-corrected chi connectivity index (χ0v) is 11.9. The van der Waals surface area contributed by atoms with Crippen molar-refractivity contribution < 1.29 is 14.7 Å². The number of amides is 1. The van der Waals surface area contributed by atoms with Gasteiger partial charge in [0.2, 0.25) is 5.91 Å². The molecule has 0 heterocycles. The lowest BCUT2D eigenvalue weighted by Gasteiger charge is -2.22. The quantitative estimate of drug-likeness (QED) is 0.873. The Hall–Kier alpha value is -1.55. The van der Waals surface area contributed by atoms with Crippen LogP contribution < -0.4 is 5.32 Å². The van der Waals surface area contributed by atoms with Crippen LogP contribution in [0.4, 0.5) is 0 Å². The Bertz CT molecular complexity index is 456. The van der Waals surface area contributed by atoms with E-state index in [4.69, 9.17) is 16.7 Å². The van der Waals surface area contributed by atoms with Gasteiger partial charge in [0.15, 0.2) is 0 Å². The first-order valence-corrected chi connectivity index (χ1v) is 6.49. The van der Waals surface area contributed by atoms with Gasteiger partial charge in [0, 0.05) is 5.02 Å². The standard InChI is InChI=1S/C14H18ClNO3/c1-8(2)12(10-4-6-11(15)7-5-10)13(17)16-9(3)14(18)19/h4-9,12H,1-3H3,(H,16,17)(H,18,19)/t9-,12?/m0/s1. The van der Waals surface area contributed by atoms with Crippen molar-refractivity contribution >= 4 is 23.5 Å². The van der Waals surface area contributed by atoms with E-state index in [1.54, 1.807) is 24.3 Å². The summed E-state index contributed by atoms with van der Waals surface area (Å²) in [5.74, 6) is -1.67. The van der Waals surface area contributed by atoms with Crippen LogP contribution in [0, 0.1) is 5.92 Å². The summed E-state index contributed by atoms with van der Waals surface area (Å²) < 4.78 is 0.